The second kappa shape index (κ2) is 9.48. The van der Waals surface area contributed by atoms with Crippen molar-refractivity contribution in [1.82, 2.24) is 0 Å². The average Bonchev–Trinajstić information content (AvgIpc) is 2.94. The van der Waals surface area contributed by atoms with Gasteiger partial charge in [-0.2, -0.15) is 0 Å². The monoisotopic (exact) mass is 590 g/mol. The topological polar surface area (TPSA) is 123 Å². The van der Waals surface area contributed by atoms with Crippen molar-refractivity contribution in [1.29, 1.82) is 0 Å². The summed E-state index contributed by atoms with van der Waals surface area (Å²) in [5.41, 5.74) is 30.6. The number of rotatable bonds is 6. The molecule has 0 aliphatic heterocycles. The number of nitrogen functional groups attached to an aromatic ring is 4. The van der Waals surface area contributed by atoms with Crippen LogP contribution in [0.3, 0.4) is 0 Å². The van der Waals surface area contributed by atoms with Gasteiger partial charge in [-0.15, -0.1) is 0 Å². The van der Waals surface area contributed by atoms with Gasteiger partial charge < -0.3 is 32.4 Å². The number of ether oxygens (including phenoxy) is 2. The van der Waals surface area contributed by atoms with Crippen LogP contribution in [0.25, 0.3) is 0 Å². The van der Waals surface area contributed by atoms with Crippen LogP contribution in [-0.2, 0) is 10.8 Å². The van der Waals surface area contributed by atoms with Crippen LogP contribution in [0, 0.1) is 35.5 Å². The van der Waals surface area contributed by atoms with Crippen LogP contribution >= 0.6 is 0 Å². The van der Waals surface area contributed by atoms with E-state index in [1.54, 1.807) is 12.1 Å². The Balaban J connectivity index is 1.24. The minimum absolute atomic E-state index is 0.141. The number of nitrogens with two attached hydrogens (primary N) is 4. The van der Waals surface area contributed by atoms with Gasteiger partial charge in [0, 0.05) is 28.6 Å². The first-order chi connectivity index (χ1) is 21.2. The van der Waals surface area contributed by atoms with E-state index in [1.807, 2.05) is 24.3 Å². The van der Waals surface area contributed by atoms with Gasteiger partial charge in [-0.1, -0.05) is 0 Å². The van der Waals surface area contributed by atoms with Crippen LogP contribution in [0.1, 0.15) is 88.2 Å². The van der Waals surface area contributed by atoms with Crippen molar-refractivity contribution in [2.75, 3.05) is 22.9 Å². The molecule has 230 valence electrons. The molecular weight excluding hydrogens is 544 g/mol. The average molecular weight is 591 g/mol. The predicted octanol–water partition coefficient (Wildman–Crippen LogP) is 8.54. The summed E-state index contributed by atoms with van der Waals surface area (Å²) >= 11 is 0. The third-order valence-corrected chi connectivity index (χ3v) is 12.8. The van der Waals surface area contributed by atoms with Crippen LogP contribution in [-0.4, -0.2) is 0 Å². The van der Waals surface area contributed by atoms with Crippen molar-refractivity contribution >= 4 is 22.7 Å². The quantitative estimate of drug-likeness (QED) is 0.213. The first-order valence-electron chi connectivity index (χ1n) is 17.1. The lowest BCUT2D eigenvalue weighted by Crippen LogP contribution is -2.50. The van der Waals surface area contributed by atoms with E-state index in [0.29, 0.717) is 34.2 Å². The zero-order chi connectivity index (χ0) is 29.8. The summed E-state index contributed by atoms with van der Waals surface area (Å²) < 4.78 is 13.7. The minimum atomic E-state index is 0.141. The fraction of sp³-hybridized carbons (Fsp3) is 0.526. The molecule has 0 aromatic heterocycles. The zero-order valence-electron chi connectivity index (χ0n) is 25.7. The van der Waals surface area contributed by atoms with Crippen molar-refractivity contribution in [2.24, 2.45) is 35.5 Å². The SMILES string of the molecule is Nc1ccc(Oc2cc(Oc3ccc(N)cc3N)c(C34CC5CC(CC(C5)C3)C4)cc2C23CC4CC(CC(C4)C2)C3)c(N)c1. The fourth-order valence-electron chi connectivity index (χ4n) is 12.0. The highest BCUT2D eigenvalue weighted by Gasteiger charge is 2.55. The maximum atomic E-state index is 6.87. The van der Waals surface area contributed by atoms with Crippen LogP contribution in [0.2, 0.25) is 0 Å². The van der Waals surface area contributed by atoms with Crippen molar-refractivity contribution in [2.45, 2.75) is 87.9 Å². The van der Waals surface area contributed by atoms with Gasteiger partial charge in [0.15, 0.2) is 0 Å². The van der Waals surface area contributed by atoms with E-state index in [0.717, 1.165) is 47.0 Å². The van der Waals surface area contributed by atoms with Crippen molar-refractivity contribution in [3.8, 4) is 23.0 Å². The Morgan fingerprint density at radius 2 is 0.773 bits per heavy atom. The van der Waals surface area contributed by atoms with Gasteiger partial charge >= 0.3 is 0 Å². The molecule has 6 heteroatoms. The molecule has 3 aromatic rings. The van der Waals surface area contributed by atoms with E-state index in [2.05, 4.69) is 12.1 Å². The Kier molecular flexibility index (Phi) is 5.78. The molecule has 0 atom stereocenters. The fourth-order valence-corrected chi connectivity index (χ4v) is 12.0. The second-order valence-electron chi connectivity index (χ2n) is 16.0. The number of benzene rings is 3. The van der Waals surface area contributed by atoms with Gasteiger partial charge in [0.25, 0.3) is 0 Å². The first kappa shape index (κ1) is 26.8. The lowest BCUT2D eigenvalue weighted by Gasteiger charge is -2.58. The Labute approximate surface area is 260 Å². The van der Waals surface area contributed by atoms with E-state index in [-0.39, 0.29) is 10.8 Å². The van der Waals surface area contributed by atoms with Crippen LogP contribution < -0.4 is 32.4 Å². The largest absolute Gasteiger partial charge is 0.455 e. The molecule has 8 saturated carbocycles. The van der Waals surface area contributed by atoms with E-state index >= 15 is 0 Å². The second-order valence-corrected chi connectivity index (χ2v) is 16.0. The molecule has 8 fully saturated rings. The highest BCUT2D eigenvalue weighted by Crippen LogP contribution is 2.66. The van der Waals surface area contributed by atoms with Gasteiger partial charge in [0.2, 0.25) is 0 Å². The van der Waals surface area contributed by atoms with Gasteiger partial charge in [-0.25, -0.2) is 0 Å². The van der Waals surface area contributed by atoms with E-state index < -0.39 is 0 Å². The van der Waals surface area contributed by atoms with Crippen molar-refractivity contribution < 1.29 is 9.47 Å². The lowest BCUT2D eigenvalue weighted by atomic mass is 9.46. The molecule has 3 aromatic carbocycles. The Hall–Kier alpha value is -3.54. The lowest BCUT2D eigenvalue weighted by molar-refractivity contribution is -0.00937. The number of hydrogen-bond acceptors (Lipinski definition) is 6. The van der Waals surface area contributed by atoms with Crippen LogP contribution in [0.15, 0.2) is 48.5 Å². The third-order valence-electron chi connectivity index (χ3n) is 12.8. The summed E-state index contributed by atoms with van der Waals surface area (Å²) in [6.45, 7) is 0. The summed E-state index contributed by atoms with van der Waals surface area (Å²) in [4.78, 5) is 0. The molecule has 0 spiro atoms. The number of anilines is 4. The zero-order valence-corrected chi connectivity index (χ0v) is 25.7. The smallest absolute Gasteiger partial charge is 0.150 e. The van der Waals surface area contributed by atoms with Gasteiger partial charge in [0.05, 0.1) is 11.4 Å². The summed E-state index contributed by atoms with van der Waals surface area (Å²) in [6, 6.07) is 15.9. The normalized spacial score (nSPS) is 36.1. The molecular formula is C38H46N4O2. The van der Waals surface area contributed by atoms with E-state index in [9.17, 15) is 0 Å². The molecule has 0 amide bonds. The van der Waals surface area contributed by atoms with E-state index in [1.165, 1.54) is 88.2 Å². The molecule has 44 heavy (non-hydrogen) atoms. The standard InChI is InChI=1S/C38H46N4O2/c39-27-1-3-33(31(41)11-27)43-35-14-36(44-34-4-2-28(40)12-32(34)42)30(38-18-24-8-25(19-38)10-26(9-24)20-38)13-29(35)37-15-21-5-22(16-37)7-23(6-21)17-37/h1-4,11-14,21-26H,5-10,15-20,39-42H2. The van der Waals surface area contributed by atoms with Gasteiger partial charge in [0.1, 0.15) is 23.0 Å². The Bertz CT molecular complexity index is 1460. The van der Waals surface area contributed by atoms with Gasteiger partial charge in [-0.05, 0) is 166 Å². The summed E-state index contributed by atoms with van der Waals surface area (Å²) in [5.74, 6) is 7.98. The molecule has 0 radical (unpaired) electrons. The minimum Gasteiger partial charge on any atom is -0.455 e. The highest BCUT2D eigenvalue weighted by molar-refractivity contribution is 5.65. The molecule has 8 bridgehead atoms. The highest BCUT2D eigenvalue weighted by atomic mass is 16.5. The maximum Gasteiger partial charge on any atom is 0.150 e. The molecule has 8 aliphatic rings. The molecule has 6 nitrogen and oxygen atoms in total. The molecule has 0 heterocycles. The molecule has 8 aliphatic carbocycles. The van der Waals surface area contributed by atoms with E-state index in [4.69, 9.17) is 32.4 Å². The predicted molar refractivity (Wildman–Crippen MR) is 177 cm³/mol. The van der Waals surface area contributed by atoms with Crippen LogP contribution in [0.4, 0.5) is 22.7 Å². The molecule has 0 saturated heterocycles. The molecule has 11 rings (SSSR count). The van der Waals surface area contributed by atoms with Gasteiger partial charge in [-0.3, -0.25) is 0 Å². The summed E-state index contributed by atoms with van der Waals surface area (Å²) in [5, 5.41) is 0. The Morgan fingerprint density at radius 1 is 0.432 bits per heavy atom. The number of hydrogen-bond donors (Lipinski definition) is 4. The Morgan fingerprint density at radius 3 is 1.09 bits per heavy atom. The third kappa shape index (κ3) is 4.27. The van der Waals surface area contributed by atoms with Crippen LogP contribution in [0.5, 0.6) is 23.0 Å². The first-order valence-corrected chi connectivity index (χ1v) is 17.1. The van der Waals surface area contributed by atoms with Crippen molar-refractivity contribution in [3.63, 3.8) is 0 Å². The summed E-state index contributed by atoms with van der Waals surface area (Å²) in [6.07, 6.45) is 16.0. The molecule has 0 unspecified atom stereocenters. The summed E-state index contributed by atoms with van der Waals surface area (Å²) in [7, 11) is 0. The maximum absolute atomic E-state index is 6.87. The molecule has 8 N–H and O–H groups in total. The van der Waals surface area contributed by atoms with Crippen molar-refractivity contribution in [3.05, 3.63) is 59.7 Å².